The Bertz CT molecular complexity index is 1410. The molecule has 1 N–H and O–H groups in total. The van der Waals surface area contributed by atoms with E-state index in [0.29, 0.717) is 6.04 Å². The number of benzene rings is 2. The molecule has 0 saturated heterocycles. The van der Waals surface area contributed by atoms with Gasteiger partial charge in [-0.1, -0.05) is 37.0 Å². The zero-order chi connectivity index (χ0) is 23.7. The van der Waals surface area contributed by atoms with E-state index in [1.54, 1.807) is 36.4 Å². The van der Waals surface area contributed by atoms with Gasteiger partial charge in [0.2, 0.25) is 0 Å². The number of pyridine rings is 1. The van der Waals surface area contributed by atoms with Gasteiger partial charge in [-0.15, -0.1) is 0 Å². The summed E-state index contributed by atoms with van der Waals surface area (Å²) in [4.78, 5) is 5.00. The second-order valence-electron chi connectivity index (χ2n) is 8.74. The minimum atomic E-state index is -3.90. The Morgan fingerprint density at radius 2 is 1.68 bits per heavy atom. The lowest BCUT2D eigenvalue weighted by Crippen LogP contribution is -2.23. The summed E-state index contributed by atoms with van der Waals surface area (Å²) in [6, 6.07) is 18.0. The van der Waals surface area contributed by atoms with E-state index in [1.807, 2.05) is 37.4 Å². The van der Waals surface area contributed by atoms with Crippen LogP contribution in [0.25, 0.3) is 16.9 Å². The van der Waals surface area contributed by atoms with Crippen LogP contribution in [0.4, 0.5) is 5.82 Å². The van der Waals surface area contributed by atoms with E-state index in [-0.39, 0.29) is 10.6 Å². The molecule has 8 heteroatoms. The van der Waals surface area contributed by atoms with Gasteiger partial charge < -0.3 is 9.50 Å². The van der Waals surface area contributed by atoms with Crippen molar-refractivity contribution >= 4 is 37.5 Å². The van der Waals surface area contributed by atoms with Crippen molar-refractivity contribution in [2.24, 2.45) is 0 Å². The standard InChI is InChI=1S/C26H26BrN3O3S/c1-18-7-14-23(15-8-18)34(31,32)33-22-12-9-19(10-13-22)25-26(28-21-5-3-2-4-6-21)30-17-20(27)11-16-24(30)29-25/h7-17,21,28H,2-6H2,1H3. The fraction of sp³-hybridized carbons (Fsp3) is 0.269. The first-order valence-electron chi connectivity index (χ1n) is 11.4. The van der Waals surface area contributed by atoms with Gasteiger partial charge in [-0.3, -0.25) is 4.40 Å². The van der Waals surface area contributed by atoms with Crippen LogP contribution in [0.1, 0.15) is 37.7 Å². The Hall–Kier alpha value is -2.84. The van der Waals surface area contributed by atoms with E-state index in [0.717, 1.165) is 45.6 Å². The summed E-state index contributed by atoms with van der Waals surface area (Å²) in [6.07, 6.45) is 8.05. The van der Waals surface area contributed by atoms with Gasteiger partial charge in [0.25, 0.3) is 0 Å². The van der Waals surface area contributed by atoms with Gasteiger partial charge >= 0.3 is 10.1 Å². The van der Waals surface area contributed by atoms with E-state index in [2.05, 4.69) is 25.6 Å². The summed E-state index contributed by atoms with van der Waals surface area (Å²) in [5.41, 5.74) is 3.55. The van der Waals surface area contributed by atoms with E-state index in [4.69, 9.17) is 9.17 Å². The van der Waals surface area contributed by atoms with Gasteiger partial charge in [0, 0.05) is 22.3 Å². The molecule has 0 unspecified atom stereocenters. The Labute approximate surface area is 208 Å². The van der Waals surface area contributed by atoms with E-state index >= 15 is 0 Å². The summed E-state index contributed by atoms with van der Waals surface area (Å²) >= 11 is 3.57. The van der Waals surface area contributed by atoms with Gasteiger partial charge in [-0.2, -0.15) is 8.42 Å². The first-order chi connectivity index (χ1) is 16.4. The molecule has 176 valence electrons. The first kappa shape index (κ1) is 22.9. The van der Waals surface area contributed by atoms with Crippen molar-refractivity contribution in [3.8, 4) is 17.0 Å². The lowest BCUT2D eigenvalue weighted by Gasteiger charge is -2.24. The zero-order valence-electron chi connectivity index (χ0n) is 18.9. The molecule has 34 heavy (non-hydrogen) atoms. The molecule has 1 aliphatic carbocycles. The molecule has 4 aromatic rings. The van der Waals surface area contributed by atoms with Crippen molar-refractivity contribution < 1.29 is 12.6 Å². The molecule has 1 fully saturated rings. The molecule has 0 spiro atoms. The molecule has 2 aromatic heterocycles. The highest BCUT2D eigenvalue weighted by molar-refractivity contribution is 9.10. The minimum absolute atomic E-state index is 0.132. The molecule has 0 aliphatic heterocycles. The fourth-order valence-corrected chi connectivity index (χ4v) is 5.61. The predicted molar refractivity (Wildman–Crippen MR) is 138 cm³/mol. The second kappa shape index (κ2) is 9.43. The van der Waals surface area contributed by atoms with Crippen molar-refractivity contribution in [3.05, 3.63) is 76.9 Å². The molecule has 0 radical (unpaired) electrons. The van der Waals surface area contributed by atoms with Gasteiger partial charge in [0.15, 0.2) is 0 Å². The normalized spacial score (nSPS) is 14.9. The van der Waals surface area contributed by atoms with Crippen molar-refractivity contribution in [2.75, 3.05) is 5.32 Å². The van der Waals surface area contributed by atoms with Crippen LogP contribution >= 0.6 is 15.9 Å². The highest BCUT2D eigenvalue weighted by atomic mass is 79.9. The summed E-state index contributed by atoms with van der Waals surface area (Å²) in [5, 5.41) is 3.73. The molecule has 2 aromatic carbocycles. The predicted octanol–water partition coefficient (Wildman–Crippen LogP) is 6.58. The summed E-state index contributed by atoms with van der Waals surface area (Å²) < 4.78 is 33.7. The van der Waals surface area contributed by atoms with Crippen LogP contribution in [0.5, 0.6) is 5.75 Å². The smallest absolute Gasteiger partial charge is 0.339 e. The molecule has 1 saturated carbocycles. The maximum atomic E-state index is 12.6. The van der Waals surface area contributed by atoms with Gasteiger partial charge in [0.05, 0.1) is 0 Å². The number of imidazole rings is 1. The molecule has 6 nitrogen and oxygen atoms in total. The highest BCUT2D eigenvalue weighted by Crippen LogP contribution is 2.33. The van der Waals surface area contributed by atoms with Gasteiger partial charge in [-0.25, -0.2) is 4.98 Å². The average Bonchev–Trinajstić information content (AvgIpc) is 3.18. The number of aromatic nitrogens is 2. The lowest BCUT2D eigenvalue weighted by atomic mass is 9.95. The monoisotopic (exact) mass is 539 g/mol. The first-order valence-corrected chi connectivity index (χ1v) is 13.6. The van der Waals surface area contributed by atoms with Crippen molar-refractivity contribution in [1.82, 2.24) is 9.38 Å². The average molecular weight is 540 g/mol. The largest absolute Gasteiger partial charge is 0.379 e. The number of nitrogens with zero attached hydrogens (tertiary/aromatic N) is 2. The maximum absolute atomic E-state index is 12.6. The number of hydrogen-bond donors (Lipinski definition) is 1. The summed E-state index contributed by atoms with van der Waals surface area (Å²) in [7, 11) is -3.90. The van der Waals surface area contributed by atoms with Crippen LogP contribution in [0.15, 0.2) is 76.2 Å². The Balaban J connectivity index is 1.45. The van der Waals surface area contributed by atoms with Crippen LogP contribution in [0.2, 0.25) is 0 Å². The van der Waals surface area contributed by atoms with Crippen molar-refractivity contribution in [2.45, 2.75) is 50.0 Å². The maximum Gasteiger partial charge on any atom is 0.339 e. The third-order valence-electron chi connectivity index (χ3n) is 6.17. The molecular weight excluding hydrogens is 514 g/mol. The van der Waals surface area contributed by atoms with Crippen LogP contribution in [-0.4, -0.2) is 23.8 Å². The third kappa shape index (κ3) is 4.83. The van der Waals surface area contributed by atoms with Crippen LogP contribution < -0.4 is 9.50 Å². The molecule has 2 heterocycles. The Morgan fingerprint density at radius 3 is 2.38 bits per heavy atom. The lowest BCUT2D eigenvalue weighted by molar-refractivity contribution is 0.461. The number of halogens is 1. The molecule has 0 bridgehead atoms. The van der Waals surface area contributed by atoms with Crippen molar-refractivity contribution in [3.63, 3.8) is 0 Å². The fourth-order valence-electron chi connectivity index (χ4n) is 4.35. The van der Waals surface area contributed by atoms with E-state index in [1.165, 1.54) is 19.3 Å². The molecule has 5 rings (SSSR count). The number of rotatable bonds is 6. The zero-order valence-corrected chi connectivity index (χ0v) is 21.3. The second-order valence-corrected chi connectivity index (χ2v) is 11.2. The SMILES string of the molecule is Cc1ccc(S(=O)(=O)Oc2ccc(-c3nc4ccc(Br)cn4c3NC3CCCCC3)cc2)cc1. The number of aryl methyl sites for hydroxylation is 1. The summed E-state index contributed by atoms with van der Waals surface area (Å²) in [5.74, 6) is 1.21. The number of fused-ring (bicyclic) bond motifs is 1. The molecule has 0 amide bonds. The van der Waals surface area contributed by atoms with Crippen LogP contribution in [0, 0.1) is 6.92 Å². The highest BCUT2D eigenvalue weighted by Gasteiger charge is 2.21. The molecular formula is C26H26BrN3O3S. The van der Waals surface area contributed by atoms with E-state index < -0.39 is 10.1 Å². The number of hydrogen-bond acceptors (Lipinski definition) is 5. The van der Waals surface area contributed by atoms with Crippen LogP contribution in [0.3, 0.4) is 0 Å². The Kier molecular flexibility index (Phi) is 6.36. The van der Waals surface area contributed by atoms with Crippen molar-refractivity contribution in [1.29, 1.82) is 0 Å². The minimum Gasteiger partial charge on any atom is -0.379 e. The quantitative estimate of drug-likeness (QED) is 0.280. The van der Waals surface area contributed by atoms with E-state index in [9.17, 15) is 8.42 Å². The van der Waals surface area contributed by atoms with Gasteiger partial charge in [-0.05, 0) is 84.2 Å². The third-order valence-corrected chi connectivity index (χ3v) is 7.90. The Morgan fingerprint density at radius 1 is 0.971 bits per heavy atom. The topological polar surface area (TPSA) is 72.7 Å². The number of nitrogens with one attached hydrogen (secondary N) is 1. The van der Waals surface area contributed by atoms with Gasteiger partial charge in [0.1, 0.15) is 27.8 Å². The summed E-state index contributed by atoms with van der Waals surface area (Å²) in [6.45, 7) is 1.91. The molecule has 1 aliphatic rings. The number of anilines is 1. The van der Waals surface area contributed by atoms with Crippen LogP contribution in [-0.2, 0) is 10.1 Å². The molecule has 0 atom stereocenters.